The fraction of sp³-hybridized carbons (Fsp3) is 1.00. The van der Waals surface area contributed by atoms with Crippen LogP contribution in [0.1, 0.15) is 20.8 Å². The van der Waals surface area contributed by atoms with E-state index >= 15 is 0 Å². The molecule has 0 aliphatic carbocycles. The molecule has 0 aromatic carbocycles. The molecule has 0 N–H and O–H groups in total. The van der Waals surface area contributed by atoms with E-state index in [0.717, 1.165) is 19.1 Å². The average molecular weight is 171 g/mol. The lowest BCUT2D eigenvalue weighted by Crippen LogP contribution is -2.52. The van der Waals surface area contributed by atoms with Crippen LogP contribution < -0.4 is 0 Å². The molecule has 72 valence electrons. The van der Waals surface area contributed by atoms with Gasteiger partial charge in [0.1, 0.15) is 0 Å². The van der Waals surface area contributed by atoms with Gasteiger partial charge in [-0.15, -0.1) is 0 Å². The summed E-state index contributed by atoms with van der Waals surface area (Å²) >= 11 is 0. The summed E-state index contributed by atoms with van der Waals surface area (Å²) in [5.41, 5.74) is 0.490. The van der Waals surface area contributed by atoms with Gasteiger partial charge in [0.15, 0.2) is 0 Å². The van der Waals surface area contributed by atoms with Crippen LogP contribution in [0.25, 0.3) is 0 Å². The topological polar surface area (TPSA) is 12.5 Å². The Labute approximate surface area is 75.9 Å². The van der Waals surface area contributed by atoms with Gasteiger partial charge in [-0.25, -0.2) is 0 Å². The molecule has 0 atom stereocenters. The molecule has 12 heavy (non-hydrogen) atoms. The second-order valence-corrected chi connectivity index (χ2v) is 4.82. The van der Waals surface area contributed by atoms with E-state index in [1.165, 1.54) is 13.1 Å². The molecular weight excluding hydrogens is 150 g/mol. The van der Waals surface area contributed by atoms with Crippen LogP contribution in [0.2, 0.25) is 0 Å². The minimum atomic E-state index is 0.490. The number of methoxy groups -OCH3 is 1. The maximum absolute atomic E-state index is 5.03. The lowest BCUT2D eigenvalue weighted by atomic mass is 9.76. The van der Waals surface area contributed by atoms with Crippen molar-refractivity contribution in [2.45, 2.75) is 20.8 Å². The van der Waals surface area contributed by atoms with E-state index in [9.17, 15) is 0 Å². The Balaban J connectivity index is 2.12. The first kappa shape index (κ1) is 10.0. The summed E-state index contributed by atoms with van der Waals surface area (Å²) in [5.74, 6) is 0.884. The summed E-state index contributed by atoms with van der Waals surface area (Å²) in [6.07, 6.45) is 0. The summed E-state index contributed by atoms with van der Waals surface area (Å²) in [5, 5.41) is 0. The molecule has 0 radical (unpaired) electrons. The highest BCUT2D eigenvalue weighted by atomic mass is 16.5. The third-order valence-corrected chi connectivity index (χ3v) is 2.79. The van der Waals surface area contributed by atoms with E-state index in [4.69, 9.17) is 4.74 Å². The summed E-state index contributed by atoms with van der Waals surface area (Å²) in [4.78, 5) is 2.46. The standard InChI is InChI=1S/C10H21NO/c1-10(2,3)9-7-11(8-9)5-6-12-4/h9H,5-8H2,1-4H3. The Morgan fingerprint density at radius 2 is 1.92 bits per heavy atom. The minimum Gasteiger partial charge on any atom is -0.383 e. The molecule has 1 saturated heterocycles. The van der Waals surface area contributed by atoms with Gasteiger partial charge in [-0.3, -0.25) is 0 Å². The van der Waals surface area contributed by atoms with Crippen molar-refractivity contribution in [3.8, 4) is 0 Å². The van der Waals surface area contributed by atoms with Crippen LogP contribution in [-0.2, 0) is 4.74 Å². The van der Waals surface area contributed by atoms with Gasteiger partial charge < -0.3 is 9.64 Å². The Bertz CT molecular complexity index is 133. The van der Waals surface area contributed by atoms with Gasteiger partial charge in [0.2, 0.25) is 0 Å². The Morgan fingerprint density at radius 3 is 2.33 bits per heavy atom. The Hall–Kier alpha value is -0.0800. The lowest BCUT2D eigenvalue weighted by molar-refractivity contribution is 0.00881. The van der Waals surface area contributed by atoms with Gasteiger partial charge >= 0.3 is 0 Å². The van der Waals surface area contributed by atoms with E-state index in [0.29, 0.717) is 5.41 Å². The zero-order valence-electron chi connectivity index (χ0n) is 8.76. The number of ether oxygens (including phenoxy) is 1. The predicted molar refractivity (Wildman–Crippen MR) is 51.3 cm³/mol. The van der Waals surface area contributed by atoms with Gasteiger partial charge in [-0.2, -0.15) is 0 Å². The molecule has 1 aliphatic rings. The van der Waals surface area contributed by atoms with Gasteiger partial charge in [0, 0.05) is 26.7 Å². The van der Waals surface area contributed by atoms with E-state index in [1.54, 1.807) is 7.11 Å². The number of rotatable bonds is 3. The molecule has 1 rings (SSSR count). The summed E-state index contributed by atoms with van der Waals surface area (Å²) < 4.78 is 5.03. The zero-order valence-corrected chi connectivity index (χ0v) is 8.76. The van der Waals surface area contributed by atoms with Crippen LogP contribution >= 0.6 is 0 Å². The van der Waals surface area contributed by atoms with Crippen LogP contribution in [0.3, 0.4) is 0 Å². The highest BCUT2D eigenvalue weighted by Crippen LogP contribution is 2.32. The number of hydrogen-bond donors (Lipinski definition) is 0. The molecular formula is C10H21NO. The van der Waals surface area contributed by atoms with Crippen molar-refractivity contribution in [1.82, 2.24) is 4.90 Å². The second kappa shape index (κ2) is 3.75. The van der Waals surface area contributed by atoms with Crippen LogP contribution in [-0.4, -0.2) is 38.3 Å². The van der Waals surface area contributed by atoms with Crippen LogP contribution in [0.15, 0.2) is 0 Å². The van der Waals surface area contributed by atoms with Crippen molar-refractivity contribution in [3.05, 3.63) is 0 Å². The number of likely N-dealkylation sites (tertiary alicyclic amines) is 1. The highest BCUT2D eigenvalue weighted by Gasteiger charge is 2.34. The second-order valence-electron chi connectivity index (χ2n) is 4.82. The van der Waals surface area contributed by atoms with E-state index in [2.05, 4.69) is 25.7 Å². The molecule has 0 unspecified atom stereocenters. The molecule has 1 aliphatic heterocycles. The molecule has 2 heteroatoms. The smallest absolute Gasteiger partial charge is 0.0589 e. The molecule has 1 heterocycles. The van der Waals surface area contributed by atoms with Gasteiger partial charge in [0.25, 0.3) is 0 Å². The number of hydrogen-bond acceptors (Lipinski definition) is 2. The molecule has 0 amide bonds. The maximum Gasteiger partial charge on any atom is 0.0589 e. The first-order valence-corrected chi connectivity index (χ1v) is 4.75. The quantitative estimate of drug-likeness (QED) is 0.639. The maximum atomic E-state index is 5.03. The van der Waals surface area contributed by atoms with Gasteiger partial charge in [0.05, 0.1) is 6.61 Å². The number of nitrogens with zero attached hydrogens (tertiary/aromatic N) is 1. The molecule has 0 saturated carbocycles. The van der Waals surface area contributed by atoms with E-state index in [1.807, 2.05) is 0 Å². The minimum absolute atomic E-state index is 0.490. The van der Waals surface area contributed by atoms with Crippen molar-refractivity contribution in [1.29, 1.82) is 0 Å². The van der Waals surface area contributed by atoms with Crippen molar-refractivity contribution in [2.24, 2.45) is 11.3 Å². The largest absolute Gasteiger partial charge is 0.383 e. The van der Waals surface area contributed by atoms with Crippen LogP contribution in [0, 0.1) is 11.3 Å². The lowest BCUT2D eigenvalue weighted by Gasteiger charge is -2.46. The molecule has 0 bridgehead atoms. The van der Waals surface area contributed by atoms with E-state index in [-0.39, 0.29) is 0 Å². The third kappa shape index (κ3) is 2.46. The SMILES string of the molecule is COCCN1CC(C(C)(C)C)C1. The van der Waals surface area contributed by atoms with Crippen molar-refractivity contribution in [3.63, 3.8) is 0 Å². The molecule has 0 spiro atoms. The van der Waals surface area contributed by atoms with Gasteiger partial charge in [-0.05, 0) is 11.3 Å². The summed E-state index contributed by atoms with van der Waals surface area (Å²) in [6.45, 7) is 11.5. The Kier molecular flexibility index (Phi) is 3.13. The molecule has 2 nitrogen and oxygen atoms in total. The van der Waals surface area contributed by atoms with Crippen molar-refractivity contribution in [2.75, 3.05) is 33.4 Å². The normalized spacial score (nSPS) is 21.0. The van der Waals surface area contributed by atoms with Crippen LogP contribution in [0.5, 0.6) is 0 Å². The monoisotopic (exact) mass is 171 g/mol. The third-order valence-electron chi connectivity index (χ3n) is 2.79. The summed E-state index contributed by atoms with van der Waals surface area (Å²) in [7, 11) is 1.76. The van der Waals surface area contributed by atoms with Crippen molar-refractivity contribution < 1.29 is 4.74 Å². The fourth-order valence-corrected chi connectivity index (χ4v) is 1.52. The molecule has 0 aromatic rings. The average Bonchev–Trinajstić information content (AvgIpc) is 1.81. The molecule has 0 aromatic heterocycles. The molecule has 1 fully saturated rings. The van der Waals surface area contributed by atoms with Crippen molar-refractivity contribution >= 4 is 0 Å². The first-order valence-electron chi connectivity index (χ1n) is 4.75. The Morgan fingerprint density at radius 1 is 1.33 bits per heavy atom. The van der Waals surface area contributed by atoms with Gasteiger partial charge in [-0.1, -0.05) is 20.8 Å². The predicted octanol–water partition coefficient (Wildman–Crippen LogP) is 1.61. The fourth-order valence-electron chi connectivity index (χ4n) is 1.52. The zero-order chi connectivity index (χ0) is 9.19. The summed E-state index contributed by atoms with van der Waals surface area (Å²) in [6, 6.07) is 0. The van der Waals surface area contributed by atoms with Crippen LogP contribution in [0.4, 0.5) is 0 Å². The van der Waals surface area contributed by atoms with E-state index < -0.39 is 0 Å². The first-order chi connectivity index (χ1) is 5.54. The highest BCUT2D eigenvalue weighted by molar-refractivity contribution is 4.87.